The molecule has 3 aromatic rings. The van der Waals surface area contributed by atoms with E-state index in [1.807, 2.05) is 47.1 Å². The van der Waals surface area contributed by atoms with Gasteiger partial charge in [0.1, 0.15) is 5.75 Å². The van der Waals surface area contributed by atoms with E-state index in [4.69, 9.17) is 21.4 Å². The fourth-order valence-corrected chi connectivity index (χ4v) is 2.88. The molecule has 5 heteroatoms. The minimum atomic E-state index is -0.266. The Bertz CT molecular complexity index is 927. The fraction of sp³-hybridized carbons (Fsp3) is 0.273. The lowest BCUT2D eigenvalue weighted by Gasteiger charge is -2.14. The Morgan fingerprint density at radius 3 is 2.48 bits per heavy atom. The van der Waals surface area contributed by atoms with Gasteiger partial charge >= 0.3 is 5.97 Å². The Morgan fingerprint density at radius 2 is 1.81 bits per heavy atom. The summed E-state index contributed by atoms with van der Waals surface area (Å²) < 4.78 is 7.25. The highest BCUT2D eigenvalue weighted by Gasteiger charge is 2.21. The van der Waals surface area contributed by atoms with Crippen LogP contribution in [-0.4, -0.2) is 15.7 Å². The van der Waals surface area contributed by atoms with Gasteiger partial charge < -0.3 is 4.74 Å². The molecule has 0 atom stereocenters. The maximum absolute atomic E-state index is 12.2. The topological polar surface area (TPSA) is 44.1 Å². The van der Waals surface area contributed by atoms with Crippen LogP contribution in [0.3, 0.4) is 0 Å². The standard InChI is InChI=1S/C22H23ClN2O2/c1-22(2,3)20-15-18(25(24-20)17-9-7-8-16(23)14-17)12-13-21(26)27-19-10-5-4-6-11-19/h4-11,14-15H,12-13H2,1-3H3. The van der Waals surface area contributed by atoms with E-state index < -0.39 is 0 Å². The zero-order valence-corrected chi connectivity index (χ0v) is 16.5. The van der Waals surface area contributed by atoms with E-state index in [2.05, 4.69) is 26.8 Å². The molecule has 0 amide bonds. The summed E-state index contributed by atoms with van der Waals surface area (Å²) in [6.45, 7) is 6.35. The van der Waals surface area contributed by atoms with Crippen molar-refractivity contribution in [3.8, 4) is 11.4 Å². The van der Waals surface area contributed by atoms with Gasteiger partial charge in [-0.25, -0.2) is 4.68 Å². The zero-order valence-electron chi connectivity index (χ0n) is 15.8. The molecule has 0 saturated heterocycles. The predicted molar refractivity (Wildman–Crippen MR) is 108 cm³/mol. The molecule has 0 aliphatic carbocycles. The number of hydrogen-bond donors (Lipinski definition) is 0. The molecular weight excluding hydrogens is 360 g/mol. The van der Waals surface area contributed by atoms with Crippen molar-refractivity contribution < 1.29 is 9.53 Å². The van der Waals surface area contributed by atoms with Crippen LogP contribution in [0.1, 0.15) is 38.6 Å². The van der Waals surface area contributed by atoms with E-state index in [0.717, 1.165) is 17.1 Å². The second-order valence-corrected chi connectivity index (χ2v) is 7.89. The second kappa shape index (κ2) is 7.97. The van der Waals surface area contributed by atoms with Gasteiger partial charge in [-0.05, 0) is 36.4 Å². The minimum absolute atomic E-state index is 0.0941. The summed E-state index contributed by atoms with van der Waals surface area (Å²) in [5.74, 6) is 0.290. The lowest BCUT2D eigenvalue weighted by Crippen LogP contribution is -2.12. The van der Waals surface area contributed by atoms with Gasteiger partial charge in [-0.3, -0.25) is 4.79 Å². The summed E-state index contributed by atoms with van der Waals surface area (Å²) in [4.78, 5) is 12.2. The molecule has 3 rings (SSSR count). The van der Waals surface area contributed by atoms with Crippen molar-refractivity contribution in [2.24, 2.45) is 0 Å². The van der Waals surface area contributed by atoms with Crippen LogP contribution in [0.4, 0.5) is 0 Å². The highest BCUT2D eigenvalue weighted by Crippen LogP contribution is 2.25. The van der Waals surface area contributed by atoms with E-state index in [9.17, 15) is 4.79 Å². The highest BCUT2D eigenvalue weighted by atomic mass is 35.5. The molecule has 0 aliphatic rings. The van der Waals surface area contributed by atoms with E-state index in [1.54, 1.807) is 12.1 Å². The molecule has 4 nitrogen and oxygen atoms in total. The first-order chi connectivity index (χ1) is 12.8. The third kappa shape index (κ3) is 4.98. The number of para-hydroxylation sites is 1. The Balaban J connectivity index is 1.81. The summed E-state index contributed by atoms with van der Waals surface area (Å²) in [6, 6.07) is 18.7. The summed E-state index contributed by atoms with van der Waals surface area (Å²) in [5, 5.41) is 5.41. The van der Waals surface area contributed by atoms with Gasteiger partial charge in [0.2, 0.25) is 0 Å². The van der Waals surface area contributed by atoms with Crippen LogP contribution in [0.25, 0.3) is 5.69 Å². The molecule has 0 bridgehead atoms. The first kappa shape index (κ1) is 19.2. The molecule has 0 unspecified atom stereocenters. The number of nitrogens with zero attached hydrogens (tertiary/aromatic N) is 2. The Labute approximate surface area is 164 Å². The number of carbonyl (C=O) groups is 1. The van der Waals surface area contributed by atoms with Crippen LogP contribution >= 0.6 is 11.6 Å². The molecule has 2 aromatic carbocycles. The minimum Gasteiger partial charge on any atom is -0.427 e. The summed E-state index contributed by atoms with van der Waals surface area (Å²) in [7, 11) is 0. The highest BCUT2D eigenvalue weighted by molar-refractivity contribution is 6.30. The van der Waals surface area contributed by atoms with Crippen LogP contribution < -0.4 is 4.74 Å². The summed E-state index contributed by atoms with van der Waals surface area (Å²) >= 11 is 6.15. The van der Waals surface area contributed by atoms with Crippen molar-refractivity contribution >= 4 is 17.6 Å². The number of benzene rings is 2. The van der Waals surface area contributed by atoms with Crippen molar-refractivity contribution in [1.82, 2.24) is 9.78 Å². The Kier molecular flexibility index (Phi) is 5.66. The molecule has 0 spiro atoms. The van der Waals surface area contributed by atoms with Crippen LogP contribution in [0.15, 0.2) is 60.7 Å². The third-order valence-corrected chi connectivity index (χ3v) is 4.40. The monoisotopic (exact) mass is 382 g/mol. The van der Waals surface area contributed by atoms with Gasteiger partial charge in [-0.2, -0.15) is 5.10 Å². The summed E-state index contributed by atoms with van der Waals surface area (Å²) in [5.41, 5.74) is 2.70. The van der Waals surface area contributed by atoms with Gasteiger partial charge in [-0.15, -0.1) is 0 Å². The van der Waals surface area contributed by atoms with Crippen LogP contribution in [0.5, 0.6) is 5.75 Å². The maximum Gasteiger partial charge on any atom is 0.311 e. The number of rotatable bonds is 5. The molecule has 0 aliphatic heterocycles. The van der Waals surface area contributed by atoms with Crippen molar-refractivity contribution in [1.29, 1.82) is 0 Å². The molecule has 0 fully saturated rings. The smallest absolute Gasteiger partial charge is 0.311 e. The molecule has 0 radical (unpaired) electrons. The van der Waals surface area contributed by atoms with Crippen molar-refractivity contribution in [2.75, 3.05) is 0 Å². The number of carbonyl (C=O) groups excluding carboxylic acids is 1. The van der Waals surface area contributed by atoms with E-state index in [1.165, 1.54) is 0 Å². The number of esters is 1. The molecule has 140 valence electrons. The lowest BCUT2D eigenvalue weighted by molar-refractivity contribution is -0.134. The first-order valence-electron chi connectivity index (χ1n) is 8.94. The molecule has 0 N–H and O–H groups in total. The van der Waals surface area contributed by atoms with Crippen LogP contribution in [0, 0.1) is 0 Å². The number of aryl methyl sites for hydroxylation is 1. The molecule has 27 heavy (non-hydrogen) atoms. The Hall–Kier alpha value is -2.59. The van der Waals surface area contributed by atoms with Crippen LogP contribution in [-0.2, 0) is 16.6 Å². The lowest BCUT2D eigenvalue weighted by atomic mass is 9.92. The van der Waals surface area contributed by atoms with E-state index in [-0.39, 0.29) is 17.8 Å². The third-order valence-electron chi connectivity index (χ3n) is 4.16. The van der Waals surface area contributed by atoms with Crippen molar-refractivity contribution in [3.05, 3.63) is 77.1 Å². The summed E-state index contributed by atoms with van der Waals surface area (Å²) in [6.07, 6.45) is 0.798. The zero-order chi connectivity index (χ0) is 19.4. The number of halogens is 1. The van der Waals surface area contributed by atoms with Crippen molar-refractivity contribution in [2.45, 2.75) is 39.0 Å². The predicted octanol–water partition coefficient (Wildman–Crippen LogP) is 5.36. The number of aromatic nitrogens is 2. The van der Waals surface area contributed by atoms with Gasteiger partial charge in [0.15, 0.2) is 0 Å². The quantitative estimate of drug-likeness (QED) is 0.440. The van der Waals surface area contributed by atoms with Crippen LogP contribution in [0.2, 0.25) is 5.02 Å². The average Bonchev–Trinajstić information content (AvgIpc) is 3.05. The van der Waals surface area contributed by atoms with Crippen molar-refractivity contribution in [3.63, 3.8) is 0 Å². The normalized spacial score (nSPS) is 11.4. The number of hydrogen-bond acceptors (Lipinski definition) is 3. The SMILES string of the molecule is CC(C)(C)c1cc(CCC(=O)Oc2ccccc2)n(-c2cccc(Cl)c2)n1. The van der Waals surface area contributed by atoms with Gasteiger partial charge in [0.05, 0.1) is 17.8 Å². The first-order valence-corrected chi connectivity index (χ1v) is 9.32. The average molecular weight is 383 g/mol. The number of ether oxygens (including phenoxy) is 1. The Morgan fingerprint density at radius 1 is 1.07 bits per heavy atom. The van der Waals surface area contributed by atoms with E-state index >= 15 is 0 Å². The van der Waals surface area contributed by atoms with E-state index in [0.29, 0.717) is 17.2 Å². The molecule has 1 aromatic heterocycles. The second-order valence-electron chi connectivity index (χ2n) is 7.45. The maximum atomic E-state index is 12.2. The molecule has 1 heterocycles. The van der Waals surface area contributed by atoms with Gasteiger partial charge in [0, 0.05) is 22.6 Å². The fourth-order valence-electron chi connectivity index (χ4n) is 2.70. The van der Waals surface area contributed by atoms with Gasteiger partial charge in [0.25, 0.3) is 0 Å². The molecular formula is C22H23ClN2O2. The molecule has 0 saturated carbocycles. The largest absolute Gasteiger partial charge is 0.427 e. The van der Waals surface area contributed by atoms with Gasteiger partial charge in [-0.1, -0.05) is 56.6 Å².